The zero-order chi connectivity index (χ0) is 19.8. The van der Waals surface area contributed by atoms with Gasteiger partial charge in [0, 0.05) is 24.2 Å². The van der Waals surface area contributed by atoms with Gasteiger partial charge in [0.2, 0.25) is 0 Å². The van der Waals surface area contributed by atoms with Gasteiger partial charge in [0.25, 0.3) is 0 Å². The van der Waals surface area contributed by atoms with Gasteiger partial charge in [-0.1, -0.05) is 64.4 Å². The first-order valence-electron chi connectivity index (χ1n) is 9.40. The molecule has 0 aliphatic carbocycles. The van der Waals surface area contributed by atoms with Gasteiger partial charge in [-0.2, -0.15) is 0 Å². The van der Waals surface area contributed by atoms with E-state index in [1.54, 1.807) is 0 Å². The van der Waals surface area contributed by atoms with Crippen molar-refractivity contribution in [2.24, 2.45) is 15.3 Å². The number of amidine groups is 1. The van der Waals surface area contributed by atoms with Crippen LogP contribution in [0.25, 0.3) is 0 Å². The summed E-state index contributed by atoms with van der Waals surface area (Å²) < 4.78 is 0. The Hall–Kier alpha value is -3.15. The standard InChI is InChI=1S/C22H26N4O2/c1-16-8-6-10-18(14-16)17(2)25-28-15-19-9-4-5-11-20(19)21(26-27-3)22-23-12-7-13-24-22/h4-6,8-11,14H,7,12-13,15H2,1-3H3,(H,23,24). The third-order valence-electron chi connectivity index (χ3n) is 4.43. The number of benzene rings is 2. The maximum absolute atomic E-state index is 5.66. The molecule has 0 radical (unpaired) electrons. The van der Waals surface area contributed by atoms with Gasteiger partial charge in [0.15, 0.2) is 11.5 Å². The minimum absolute atomic E-state index is 0.329. The van der Waals surface area contributed by atoms with Crippen LogP contribution in [-0.2, 0) is 16.3 Å². The summed E-state index contributed by atoms with van der Waals surface area (Å²) in [7, 11) is 1.54. The first kappa shape index (κ1) is 19.6. The van der Waals surface area contributed by atoms with E-state index in [-0.39, 0.29) is 0 Å². The molecular formula is C22H26N4O2. The Morgan fingerprint density at radius 2 is 2.00 bits per heavy atom. The monoisotopic (exact) mass is 378 g/mol. The second kappa shape index (κ2) is 9.69. The van der Waals surface area contributed by atoms with Crippen LogP contribution >= 0.6 is 0 Å². The van der Waals surface area contributed by atoms with Crippen molar-refractivity contribution in [2.75, 3.05) is 20.2 Å². The quantitative estimate of drug-likeness (QED) is 0.590. The van der Waals surface area contributed by atoms with Crippen LogP contribution in [0, 0.1) is 6.92 Å². The van der Waals surface area contributed by atoms with Gasteiger partial charge in [0.05, 0.1) is 5.71 Å². The third kappa shape index (κ3) is 4.97. The summed E-state index contributed by atoms with van der Waals surface area (Å²) in [6.45, 7) is 5.99. The fraction of sp³-hybridized carbons (Fsp3) is 0.318. The predicted octanol–water partition coefficient (Wildman–Crippen LogP) is 3.68. The van der Waals surface area contributed by atoms with E-state index in [0.29, 0.717) is 12.3 Å². The van der Waals surface area contributed by atoms with E-state index < -0.39 is 0 Å². The molecule has 0 saturated heterocycles. The summed E-state index contributed by atoms with van der Waals surface area (Å²) in [5.41, 5.74) is 5.65. The van der Waals surface area contributed by atoms with Gasteiger partial charge in [0.1, 0.15) is 13.7 Å². The highest BCUT2D eigenvalue weighted by Crippen LogP contribution is 2.14. The van der Waals surface area contributed by atoms with E-state index in [1.165, 1.54) is 12.7 Å². The van der Waals surface area contributed by atoms with E-state index in [2.05, 4.69) is 39.7 Å². The van der Waals surface area contributed by atoms with Crippen molar-refractivity contribution in [3.05, 3.63) is 70.8 Å². The maximum atomic E-state index is 5.66. The lowest BCUT2D eigenvalue weighted by Crippen LogP contribution is -2.36. The number of nitrogens with zero attached hydrogens (tertiary/aromatic N) is 3. The highest BCUT2D eigenvalue weighted by Gasteiger charge is 2.18. The molecule has 28 heavy (non-hydrogen) atoms. The highest BCUT2D eigenvalue weighted by atomic mass is 16.6. The van der Waals surface area contributed by atoms with Gasteiger partial charge < -0.3 is 15.0 Å². The van der Waals surface area contributed by atoms with E-state index >= 15 is 0 Å². The molecule has 3 rings (SSSR count). The average molecular weight is 378 g/mol. The van der Waals surface area contributed by atoms with Gasteiger partial charge in [-0.3, -0.25) is 4.99 Å². The molecule has 1 aliphatic heterocycles. The number of aryl methyl sites for hydroxylation is 1. The molecular weight excluding hydrogens is 352 g/mol. The zero-order valence-corrected chi connectivity index (χ0v) is 16.6. The number of hydrogen-bond donors (Lipinski definition) is 1. The van der Waals surface area contributed by atoms with Crippen molar-refractivity contribution in [3.8, 4) is 0 Å². The number of rotatable bonds is 7. The molecule has 1 aliphatic rings. The molecule has 2 aromatic rings. The minimum atomic E-state index is 0.329. The van der Waals surface area contributed by atoms with Gasteiger partial charge >= 0.3 is 0 Å². The number of aliphatic imine (C=N–C) groups is 1. The van der Waals surface area contributed by atoms with Crippen molar-refractivity contribution in [1.82, 2.24) is 5.32 Å². The molecule has 0 amide bonds. The van der Waals surface area contributed by atoms with Crippen LogP contribution in [-0.4, -0.2) is 37.5 Å². The van der Waals surface area contributed by atoms with Crippen LogP contribution in [0.5, 0.6) is 0 Å². The number of nitrogens with one attached hydrogen (secondary N) is 1. The Kier molecular flexibility index (Phi) is 6.78. The van der Waals surface area contributed by atoms with Crippen LogP contribution in [0.2, 0.25) is 0 Å². The molecule has 0 atom stereocenters. The molecule has 146 valence electrons. The summed E-state index contributed by atoms with van der Waals surface area (Å²) in [6, 6.07) is 16.1. The fourth-order valence-corrected chi connectivity index (χ4v) is 3.00. The van der Waals surface area contributed by atoms with Crippen molar-refractivity contribution in [1.29, 1.82) is 0 Å². The van der Waals surface area contributed by atoms with Crippen molar-refractivity contribution < 1.29 is 9.68 Å². The topological polar surface area (TPSA) is 67.6 Å². The summed E-state index contributed by atoms with van der Waals surface area (Å²) in [6.07, 6.45) is 1.02. The third-order valence-corrected chi connectivity index (χ3v) is 4.43. The highest BCUT2D eigenvalue weighted by molar-refractivity contribution is 6.47. The lowest BCUT2D eigenvalue weighted by molar-refractivity contribution is 0.130. The van der Waals surface area contributed by atoms with E-state index in [4.69, 9.17) is 9.68 Å². The van der Waals surface area contributed by atoms with Gasteiger partial charge in [-0.05, 0) is 25.8 Å². The SMILES string of the molecule is CON=C(C1=NCCCN1)c1ccccc1CON=C(C)c1cccc(C)c1. The van der Waals surface area contributed by atoms with Crippen LogP contribution in [0.15, 0.2) is 63.8 Å². The van der Waals surface area contributed by atoms with Crippen LogP contribution in [0.4, 0.5) is 0 Å². The average Bonchev–Trinajstić information content (AvgIpc) is 2.73. The maximum Gasteiger partial charge on any atom is 0.152 e. The smallest absolute Gasteiger partial charge is 0.152 e. The molecule has 6 nitrogen and oxygen atoms in total. The summed E-state index contributed by atoms with van der Waals surface area (Å²) in [4.78, 5) is 15.3. The largest absolute Gasteiger partial charge is 0.399 e. The Labute approximate surface area is 166 Å². The normalized spacial score (nSPS) is 14.9. The van der Waals surface area contributed by atoms with Crippen molar-refractivity contribution >= 4 is 17.3 Å². The second-order valence-electron chi connectivity index (χ2n) is 6.61. The molecule has 2 aromatic carbocycles. The van der Waals surface area contributed by atoms with Crippen LogP contribution < -0.4 is 5.32 Å². The van der Waals surface area contributed by atoms with Gasteiger partial charge in [-0.25, -0.2) is 0 Å². The minimum Gasteiger partial charge on any atom is -0.399 e. The van der Waals surface area contributed by atoms with E-state index in [9.17, 15) is 0 Å². The van der Waals surface area contributed by atoms with Crippen LogP contribution in [0.3, 0.4) is 0 Å². The predicted molar refractivity (Wildman–Crippen MR) is 113 cm³/mol. The molecule has 0 bridgehead atoms. The van der Waals surface area contributed by atoms with Crippen LogP contribution in [0.1, 0.15) is 35.6 Å². The zero-order valence-electron chi connectivity index (χ0n) is 16.6. The number of oxime groups is 2. The Morgan fingerprint density at radius 1 is 1.14 bits per heavy atom. The summed E-state index contributed by atoms with van der Waals surface area (Å²) >= 11 is 0. The first-order valence-corrected chi connectivity index (χ1v) is 9.40. The molecule has 0 unspecified atom stereocenters. The van der Waals surface area contributed by atoms with E-state index in [0.717, 1.165) is 47.7 Å². The van der Waals surface area contributed by atoms with Crippen molar-refractivity contribution in [3.63, 3.8) is 0 Å². The fourth-order valence-electron chi connectivity index (χ4n) is 3.00. The molecule has 0 fully saturated rings. The lowest BCUT2D eigenvalue weighted by Gasteiger charge is -2.17. The second-order valence-corrected chi connectivity index (χ2v) is 6.61. The molecule has 1 N–H and O–H groups in total. The summed E-state index contributed by atoms with van der Waals surface area (Å²) in [5, 5.41) is 11.8. The number of hydrogen-bond acceptors (Lipinski definition) is 6. The van der Waals surface area contributed by atoms with Gasteiger partial charge in [-0.15, -0.1) is 0 Å². The van der Waals surface area contributed by atoms with Crippen molar-refractivity contribution in [2.45, 2.75) is 26.9 Å². The van der Waals surface area contributed by atoms with E-state index in [1.807, 2.05) is 43.3 Å². The molecule has 0 spiro atoms. The Balaban J connectivity index is 1.79. The Morgan fingerprint density at radius 3 is 2.75 bits per heavy atom. The first-order chi connectivity index (χ1) is 13.7. The Bertz CT molecular complexity index is 903. The summed E-state index contributed by atoms with van der Waals surface area (Å²) in [5.74, 6) is 0.750. The lowest BCUT2D eigenvalue weighted by atomic mass is 10.0. The molecule has 1 heterocycles. The molecule has 0 aromatic heterocycles. The molecule has 6 heteroatoms. The molecule has 0 saturated carbocycles.